The molecule has 0 aliphatic heterocycles. The van der Waals surface area contributed by atoms with Gasteiger partial charge in [0.15, 0.2) is 0 Å². The van der Waals surface area contributed by atoms with E-state index in [2.05, 4.69) is 8.75 Å². The van der Waals surface area contributed by atoms with Crippen molar-refractivity contribution in [2.45, 2.75) is 18.7 Å². The lowest BCUT2D eigenvalue weighted by Gasteiger charge is -2.08. The lowest BCUT2D eigenvalue weighted by atomic mass is 10.3. The van der Waals surface area contributed by atoms with Gasteiger partial charge in [-0.2, -0.15) is 8.75 Å². The highest BCUT2D eigenvalue weighted by atomic mass is 32.2. The first-order chi connectivity index (χ1) is 9.00. The van der Waals surface area contributed by atoms with Crippen molar-refractivity contribution in [2.24, 2.45) is 0 Å². The fourth-order valence-electron chi connectivity index (χ4n) is 2.07. The van der Waals surface area contributed by atoms with E-state index in [0.29, 0.717) is 16.7 Å². The molecule has 19 heavy (non-hydrogen) atoms. The lowest BCUT2D eigenvalue weighted by Crippen LogP contribution is -2.13. The second kappa shape index (κ2) is 4.14. The van der Waals surface area contributed by atoms with E-state index in [1.807, 2.05) is 13.0 Å². The minimum Gasteiger partial charge on any atom is -0.246 e. The summed E-state index contributed by atoms with van der Waals surface area (Å²) in [5.74, 6) is 0. The molecule has 0 atom stereocenters. The summed E-state index contributed by atoms with van der Waals surface area (Å²) in [6.07, 6.45) is 1.61. The number of nitrogens with zero attached hydrogens (tertiary/aromatic N) is 3. The molecule has 0 fully saturated rings. The van der Waals surface area contributed by atoms with Crippen LogP contribution in [0.2, 0.25) is 0 Å². The van der Waals surface area contributed by atoms with E-state index in [9.17, 15) is 8.42 Å². The molecule has 0 aliphatic carbocycles. The van der Waals surface area contributed by atoms with Gasteiger partial charge >= 0.3 is 0 Å². The Morgan fingerprint density at radius 2 is 2.00 bits per heavy atom. The molecule has 3 rings (SSSR count). The highest BCUT2D eigenvalue weighted by Crippen LogP contribution is 2.24. The summed E-state index contributed by atoms with van der Waals surface area (Å²) in [4.78, 5) is 0.192. The molecular formula is C12H11N3O2S2. The minimum absolute atomic E-state index is 0.192. The van der Waals surface area contributed by atoms with Crippen molar-refractivity contribution in [3.8, 4) is 0 Å². The van der Waals surface area contributed by atoms with Crippen molar-refractivity contribution < 1.29 is 8.42 Å². The highest BCUT2D eigenvalue weighted by Gasteiger charge is 2.22. The molecule has 0 unspecified atom stereocenters. The Morgan fingerprint density at radius 1 is 1.21 bits per heavy atom. The molecule has 5 nitrogen and oxygen atoms in total. The van der Waals surface area contributed by atoms with Crippen LogP contribution in [0.5, 0.6) is 0 Å². The van der Waals surface area contributed by atoms with E-state index < -0.39 is 10.0 Å². The Labute approximate surface area is 114 Å². The van der Waals surface area contributed by atoms with Gasteiger partial charge in [0, 0.05) is 11.9 Å². The number of aromatic nitrogens is 3. The first-order valence-electron chi connectivity index (χ1n) is 5.62. The van der Waals surface area contributed by atoms with Gasteiger partial charge in [-0.15, -0.1) is 0 Å². The quantitative estimate of drug-likeness (QED) is 0.727. The first-order valence-corrected chi connectivity index (χ1v) is 7.79. The Kier molecular flexibility index (Phi) is 2.68. The largest absolute Gasteiger partial charge is 0.270 e. The van der Waals surface area contributed by atoms with Crippen molar-refractivity contribution >= 4 is 32.8 Å². The van der Waals surface area contributed by atoms with E-state index in [4.69, 9.17) is 0 Å². The summed E-state index contributed by atoms with van der Waals surface area (Å²) in [6, 6.07) is 6.83. The molecule has 1 aromatic carbocycles. The maximum absolute atomic E-state index is 12.7. The van der Waals surface area contributed by atoms with Gasteiger partial charge in [0.05, 0.1) is 11.7 Å². The monoisotopic (exact) mass is 293 g/mol. The number of aryl methyl sites for hydroxylation is 2. The standard InChI is InChI=1S/C12H11N3O2S2/c1-8-6-9(2)15(7-8)19(16,17)11-5-3-4-10-12(11)14-18-13-10/h3-7H,1-2H3. The highest BCUT2D eigenvalue weighted by molar-refractivity contribution is 7.90. The van der Waals surface area contributed by atoms with Gasteiger partial charge in [-0.3, -0.25) is 0 Å². The second-order valence-electron chi connectivity index (χ2n) is 4.35. The maximum Gasteiger partial charge on any atom is 0.270 e. The van der Waals surface area contributed by atoms with Crippen molar-refractivity contribution in [1.29, 1.82) is 0 Å². The zero-order valence-electron chi connectivity index (χ0n) is 10.4. The van der Waals surface area contributed by atoms with E-state index in [-0.39, 0.29) is 4.90 Å². The molecule has 0 saturated heterocycles. The molecule has 0 N–H and O–H groups in total. The average Bonchev–Trinajstić information content (AvgIpc) is 2.94. The normalized spacial score (nSPS) is 12.1. The molecule has 0 aliphatic rings. The molecule has 3 aromatic rings. The van der Waals surface area contributed by atoms with Crippen LogP contribution in [0.15, 0.2) is 35.4 Å². The molecule has 0 radical (unpaired) electrons. The number of benzene rings is 1. The fourth-order valence-corrected chi connectivity index (χ4v) is 4.27. The van der Waals surface area contributed by atoms with Gasteiger partial charge in [-0.05, 0) is 37.6 Å². The van der Waals surface area contributed by atoms with E-state index in [1.54, 1.807) is 31.3 Å². The fraction of sp³-hybridized carbons (Fsp3) is 0.167. The number of hydrogen-bond acceptors (Lipinski definition) is 5. The van der Waals surface area contributed by atoms with E-state index in [0.717, 1.165) is 17.3 Å². The van der Waals surface area contributed by atoms with Crippen LogP contribution in [0, 0.1) is 13.8 Å². The number of hydrogen-bond donors (Lipinski definition) is 0. The Morgan fingerprint density at radius 3 is 2.68 bits per heavy atom. The summed E-state index contributed by atoms with van der Waals surface area (Å²) in [7, 11) is -3.62. The molecule has 98 valence electrons. The van der Waals surface area contributed by atoms with Crippen molar-refractivity contribution in [3.63, 3.8) is 0 Å². The molecule has 0 amide bonds. The van der Waals surface area contributed by atoms with Crippen molar-refractivity contribution in [2.75, 3.05) is 0 Å². The lowest BCUT2D eigenvalue weighted by molar-refractivity contribution is 0.587. The molecule has 0 spiro atoms. The topological polar surface area (TPSA) is 64.8 Å². The Bertz CT molecular complexity index is 862. The van der Waals surface area contributed by atoms with Gasteiger partial charge in [0.2, 0.25) is 0 Å². The van der Waals surface area contributed by atoms with Crippen LogP contribution in [-0.2, 0) is 10.0 Å². The summed E-state index contributed by atoms with van der Waals surface area (Å²) in [5, 5.41) is 0. The van der Waals surface area contributed by atoms with Crippen LogP contribution in [0.3, 0.4) is 0 Å². The van der Waals surface area contributed by atoms with Gasteiger partial charge in [0.1, 0.15) is 15.9 Å². The maximum atomic E-state index is 12.7. The van der Waals surface area contributed by atoms with Crippen molar-refractivity contribution in [3.05, 3.63) is 41.7 Å². The number of rotatable bonds is 2. The predicted octanol–water partition coefficient (Wildman–Crippen LogP) is 2.35. The van der Waals surface area contributed by atoms with Gasteiger partial charge < -0.3 is 0 Å². The van der Waals surface area contributed by atoms with Crippen molar-refractivity contribution in [1.82, 2.24) is 12.7 Å². The van der Waals surface area contributed by atoms with Crippen LogP contribution in [0.1, 0.15) is 11.3 Å². The molecule has 0 saturated carbocycles. The summed E-state index contributed by atoms with van der Waals surface area (Å²) < 4.78 is 34.8. The molecule has 2 aromatic heterocycles. The zero-order chi connectivity index (χ0) is 13.6. The average molecular weight is 293 g/mol. The number of fused-ring (bicyclic) bond motifs is 1. The Balaban J connectivity index is 2.31. The summed E-state index contributed by atoms with van der Waals surface area (Å²) in [6.45, 7) is 3.63. The molecule has 2 heterocycles. The van der Waals surface area contributed by atoms with Crippen LogP contribution in [-0.4, -0.2) is 21.1 Å². The summed E-state index contributed by atoms with van der Waals surface area (Å²) >= 11 is 1.01. The van der Waals surface area contributed by atoms with Crippen LogP contribution >= 0.6 is 11.7 Å². The Hall–Kier alpha value is -1.73. The zero-order valence-corrected chi connectivity index (χ0v) is 12.0. The predicted molar refractivity (Wildman–Crippen MR) is 73.9 cm³/mol. The van der Waals surface area contributed by atoms with Crippen LogP contribution < -0.4 is 0 Å². The molecule has 7 heteroatoms. The SMILES string of the molecule is Cc1cc(C)n(S(=O)(=O)c2cccc3nsnc23)c1. The van der Waals surface area contributed by atoms with Crippen LogP contribution in [0.4, 0.5) is 0 Å². The molecule has 0 bridgehead atoms. The van der Waals surface area contributed by atoms with E-state index in [1.165, 1.54) is 3.97 Å². The third kappa shape index (κ3) is 1.85. The van der Waals surface area contributed by atoms with Gasteiger partial charge in [-0.25, -0.2) is 12.4 Å². The third-order valence-electron chi connectivity index (χ3n) is 2.89. The van der Waals surface area contributed by atoms with Gasteiger partial charge in [-0.1, -0.05) is 6.07 Å². The first kappa shape index (κ1) is 12.3. The molecular weight excluding hydrogens is 282 g/mol. The third-order valence-corrected chi connectivity index (χ3v) is 5.23. The van der Waals surface area contributed by atoms with Gasteiger partial charge in [0.25, 0.3) is 10.0 Å². The van der Waals surface area contributed by atoms with Crippen LogP contribution in [0.25, 0.3) is 11.0 Å². The summed E-state index contributed by atoms with van der Waals surface area (Å²) in [5.41, 5.74) is 2.62. The minimum atomic E-state index is -3.62. The smallest absolute Gasteiger partial charge is 0.246 e. The van der Waals surface area contributed by atoms with E-state index >= 15 is 0 Å². The second-order valence-corrected chi connectivity index (χ2v) is 6.66.